The lowest BCUT2D eigenvalue weighted by Gasteiger charge is -2.32. The second kappa shape index (κ2) is 13.2. The monoisotopic (exact) mass is 548 g/mol. The first kappa shape index (κ1) is 27.4. The van der Waals surface area contributed by atoms with Crippen molar-refractivity contribution in [3.05, 3.63) is 99.0 Å². The molecule has 3 rings (SSSR count). The van der Waals surface area contributed by atoms with Gasteiger partial charge in [-0.25, -0.2) is 0 Å². The lowest BCUT2D eigenvalue weighted by atomic mass is 10.0. The van der Waals surface area contributed by atoms with Gasteiger partial charge in [0.05, 0.1) is 5.75 Å². The lowest BCUT2D eigenvalue weighted by molar-refractivity contribution is -0.139. The van der Waals surface area contributed by atoms with Crippen molar-refractivity contribution in [1.29, 1.82) is 0 Å². The highest BCUT2D eigenvalue weighted by Crippen LogP contribution is 2.28. The van der Waals surface area contributed by atoms with Gasteiger partial charge in [0.25, 0.3) is 0 Å². The van der Waals surface area contributed by atoms with E-state index in [1.54, 1.807) is 35.2 Å². The molecule has 0 aromatic heterocycles. The molecule has 184 valence electrons. The molecule has 0 aliphatic rings. The first-order valence-corrected chi connectivity index (χ1v) is 13.3. The standard InChI is InChI=1S/C27H27Cl3N2O2S/c1-18(2)31-27(34)25(15-19-7-4-3-5-8-19)32(16-22-23(29)9-6-10-24(22)30)26(33)17-35-21-13-11-20(28)12-14-21/h3-14,18,25H,15-17H2,1-2H3,(H,31,34)/t25-/m1/s1. The van der Waals surface area contributed by atoms with Crippen molar-refractivity contribution >= 4 is 58.4 Å². The Labute approximate surface area is 225 Å². The quantitative estimate of drug-likeness (QED) is 0.280. The van der Waals surface area contributed by atoms with Gasteiger partial charge in [-0.2, -0.15) is 0 Å². The smallest absolute Gasteiger partial charge is 0.243 e. The summed E-state index contributed by atoms with van der Waals surface area (Å²) in [6.07, 6.45) is 0.360. The van der Waals surface area contributed by atoms with Crippen LogP contribution in [0.4, 0.5) is 0 Å². The molecule has 0 aliphatic carbocycles. The topological polar surface area (TPSA) is 49.4 Å². The van der Waals surface area contributed by atoms with Gasteiger partial charge in [-0.3, -0.25) is 9.59 Å². The highest BCUT2D eigenvalue weighted by Gasteiger charge is 2.31. The third-order valence-electron chi connectivity index (χ3n) is 5.27. The van der Waals surface area contributed by atoms with Gasteiger partial charge in [-0.15, -0.1) is 11.8 Å². The largest absolute Gasteiger partial charge is 0.352 e. The van der Waals surface area contributed by atoms with Gasteiger partial charge in [0.1, 0.15) is 6.04 Å². The molecule has 3 aromatic carbocycles. The van der Waals surface area contributed by atoms with Crippen LogP contribution in [0.1, 0.15) is 25.0 Å². The fraction of sp³-hybridized carbons (Fsp3) is 0.259. The maximum absolute atomic E-state index is 13.6. The van der Waals surface area contributed by atoms with Crippen molar-refractivity contribution in [3.63, 3.8) is 0 Å². The maximum Gasteiger partial charge on any atom is 0.243 e. The number of hydrogen-bond acceptors (Lipinski definition) is 3. The Balaban J connectivity index is 1.95. The van der Waals surface area contributed by atoms with Gasteiger partial charge in [0.2, 0.25) is 11.8 Å². The number of nitrogens with zero attached hydrogens (tertiary/aromatic N) is 1. The SMILES string of the molecule is CC(C)NC(=O)[C@@H](Cc1ccccc1)N(Cc1c(Cl)cccc1Cl)C(=O)CSc1ccc(Cl)cc1. The Kier molecular flexibility index (Phi) is 10.4. The van der Waals surface area contributed by atoms with E-state index in [-0.39, 0.29) is 30.2 Å². The molecule has 0 saturated carbocycles. The average Bonchev–Trinajstić information content (AvgIpc) is 2.82. The molecule has 35 heavy (non-hydrogen) atoms. The minimum Gasteiger partial charge on any atom is -0.352 e. The summed E-state index contributed by atoms with van der Waals surface area (Å²) in [5, 5.41) is 4.50. The molecule has 0 radical (unpaired) electrons. The molecule has 0 unspecified atom stereocenters. The van der Waals surface area contributed by atoms with E-state index in [4.69, 9.17) is 34.8 Å². The van der Waals surface area contributed by atoms with Crippen LogP contribution in [0.15, 0.2) is 77.7 Å². The molecule has 4 nitrogen and oxygen atoms in total. The number of amides is 2. The molecular formula is C27H27Cl3N2O2S. The number of carbonyl (C=O) groups is 2. The molecule has 1 N–H and O–H groups in total. The normalized spacial score (nSPS) is 11.8. The van der Waals surface area contributed by atoms with E-state index >= 15 is 0 Å². The van der Waals surface area contributed by atoms with E-state index in [1.165, 1.54) is 11.8 Å². The fourth-order valence-electron chi connectivity index (χ4n) is 3.55. The molecule has 0 spiro atoms. The predicted molar refractivity (Wildman–Crippen MR) is 146 cm³/mol. The van der Waals surface area contributed by atoms with Gasteiger partial charge in [-0.1, -0.05) is 71.2 Å². The molecule has 8 heteroatoms. The third kappa shape index (κ3) is 8.18. The molecule has 3 aromatic rings. The zero-order valence-electron chi connectivity index (χ0n) is 19.5. The van der Waals surface area contributed by atoms with Crippen LogP contribution in [0.3, 0.4) is 0 Å². The van der Waals surface area contributed by atoms with Crippen LogP contribution in [-0.2, 0) is 22.6 Å². The lowest BCUT2D eigenvalue weighted by Crippen LogP contribution is -2.52. The van der Waals surface area contributed by atoms with Crippen LogP contribution in [0.5, 0.6) is 0 Å². The van der Waals surface area contributed by atoms with Crippen molar-refractivity contribution < 1.29 is 9.59 Å². The number of halogens is 3. The first-order valence-electron chi connectivity index (χ1n) is 11.2. The summed E-state index contributed by atoms with van der Waals surface area (Å²) in [5.74, 6) is -0.276. The predicted octanol–water partition coefficient (Wildman–Crippen LogP) is 6.90. The molecule has 0 fully saturated rings. The Morgan fingerprint density at radius 2 is 1.51 bits per heavy atom. The van der Waals surface area contributed by atoms with E-state index in [2.05, 4.69) is 5.32 Å². The minimum atomic E-state index is -0.745. The summed E-state index contributed by atoms with van der Waals surface area (Å²) in [7, 11) is 0. The van der Waals surface area contributed by atoms with Crippen LogP contribution in [0.2, 0.25) is 15.1 Å². The Bertz CT molecular complexity index is 1120. The van der Waals surface area contributed by atoms with Crippen molar-refractivity contribution in [2.75, 3.05) is 5.75 Å². The second-order valence-corrected chi connectivity index (χ2v) is 10.6. The average molecular weight is 550 g/mol. The number of rotatable bonds is 10. The molecular weight excluding hydrogens is 523 g/mol. The van der Waals surface area contributed by atoms with E-state index < -0.39 is 6.04 Å². The third-order valence-corrected chi connectivity index (χ3v) is 7.23. The van der Waals surface area contributed by atoms with Gasteiger partial charge < -0.3 is 10.2 Å². The van der Waals surface area contributed by atoms with Gasteiger partial charge in [0.15, 0.2) is 0 Å². The summed E-state index contributed by atoms with van der Waals surface area (Å²) in [5.41, 5.74) is 1.56. The van der Waals surface area contributed by atoms with Crippen LogP contribution >= 0.6 is 46.6 Å². The van der Waals surface area contributed by atoms with Gasteiger partial charge in [-0.05, 0) is 55.8 Å². The van der Waals surface area contributed by atoms with Crippen molar-refractivity contribution in [2.45, 2.75) is 43.8 Å². The Hall–Kier alpha value is -2.18. The van der Waals surface area contributed by atoms with E-state index in [0.717, 1.165) is 10.5 Å². The van der Waals surface area contributed by atoms with Gasteiger partial charge >= 0.3 is 0 Å². The maximum atomic E-state index is 13.6. The highest BCUT2D eigenvalue weighted by atomic mass is 35.5. The van der Waals surface area contributed by atoms with Crippen molar-refractivity contribution in [2.24, 2.45) is 0 Å². The molecule has 1 atom stereocenters. The summed E-state index contributed by atoms with van der Waals surface area (Å²) in [4.78, 5) is 29.5. The highest BCUT2D eigenvalue weighted by molar-refractivity contribution is 8.00. The zero-order valence-corrected chi connectivity index (χ0v) is 22.6. The van der Waals surface area contributed by atoms with E-state index in [1.807, 2.05) is 56.3 Å². The number of carbonyl (C=O) groups excluding carboxylic acids is 2. The zero-order chi connectivity index (χ0) is 25.4. The molecule has 0 bridgehead atoms. The van der Waals surface area contributed by atoms with Crippen molar-refractivity contribution in [3.8, 4) is 0 Å². The molecule has 2 amide bonds. The summed E-state index contributed by atoms with van der Waals surface area (Å²) in [6.45, 7) is 3.90. The van der Waals surface area contributed by atoms with Crippen LogP contribution in [0, 0.1) is 0 Å². The van der Waals surface area contributed by atoms with Gasteiger partial charge in [0, 0.05) is 44.5 Å². The molecule has 0 saturated heterocycles. The molecule has 0 heterocycles. The number of nitrogens with one attached hydrogen (secondary N) is 1. The number of benzene rings is 3. The van der Waals surface area contributed by atoms with Crippen LogP contribution in [0.25, 0.3) is 0 Å². The van der Waals surface area contributed by atoms with Crippen molar-refractivity contribution in [1.82, 2.24) is 10.2 Å². The fourth-order valence-corrected chi connectivity index (χ4v) is 4.97. The van der Waals surface area contributed by atoms with Crippen LogP contribution in [-0.4, -0.2) is 34.6 Å². The summed E-state index contributed by atoms with van der Waals surface area (Å²) in [6, 6.07) is 21.3. The van der Waals surface area contributed by atoms with E-state index in [9.17, 15) is 9.59 Å². The number of hydrogen-bond donors (Lipinski definition) is 1. The molecule has 0 aliphatic heterocycles. The number of thioether (sulfide) groups is 1. The van der Waals surface area contributed by atoms with Crippen LogP contribution < -0.4 is 5.32 Å². The second-order valence-electron chi connectivity index (χ2n) is 8.33. The van der Waals surface area contributed by atoms with E-state index in [0.29, 0.717) is 27.1 Å². The minimum absolute atomic E-state index is 0.0786. The Morgan fingerprint density at radius 3 is 2.11 bits per heavy atom. The Morgan fingerprint density at radius 1 is 0.886 bits per heavy atom. The summed E-state index contributed by atoms with van der Waals surface area (Å²) < 4.78 is 0. The first-order chi connectivity index (χ1) is 16.7. The summed E-state index contributed by atoms with van der Waals surface area (Å²) >= 11 is 20.3.